The molecule has 0 radical (unpaired) electrons. The highest BCUT2D eigenvalue weighted by Gasteiger charge is 2.27. The summed E-state index contributed by atoms with van der Waals surface area (Å²) in [6.45, 7) is 8.43. The van der Waals surface area contributed by atoms with Crippen molar-refractivity contribution in [1.29, 1.82) is 0 Å². The highest BCUT2D eigenvalue weighted by atomic mass is 79.9. The van der Waals surface area contributed by atoms with Crippen LogP contribution in [0.15, 0.2) is 51.9 Å². The van der Waals surface area contributed by atoms with Gasteiger partial charge in [-0.3, -0.25) is 0 Å². The van der Waals surface area contributed by atoms with Crippen molar-refractivity contribution in [3.05, 3.63) is 69.2 Å². The number of halogens is 1. The molecule has 0 unspecified atom stereocenters. The molecule has 0 aromatic heterocycles. The van der Waals surface area contributed by atoms with Crippen molar-refractivity contribution in [3.63, 3.8) is 0 Å². The first kappa shape index (κ1) is 28.5. The van der Waals surface area contributed by atoms with Crippen LogP contribution in [0.1, 0.15) is 35.2 Å². The predicted octanol–water partition coefficient (Wildman–Crippen LogP) is 4.94. The Morgan fingerprint density at radius 3 is 2.24 bits per heavy atom. The molecule has 2 aromatic rings. The van der Waals surface area contributed by atoms with E-state index in [1.807, 2.05) is 44.2 Å². The number of rotatable bonds is 13. The van der Waals surface area contributed by atoms with Crippen LogP contribution in [0.3, 0.4) is 0 Å². The lowest BCUT2D eigenvalue weighted by Gasteiger charge is -2.22. The first-order chi connectivity index (χ1) is 16.1. The van der Waals surface area contributed by atoms with E-state index in [2.05, 4.69) is 20.7 Å². The summed E-state index contributed by atoms with van der Waals surface area (Å²) in [5.41, 5.74) is 3.16. The largest absolute Gasteiger partial charge is 0.497 e. The molecular weight excluding hydrogens is 522 g/mol. The maximum atomic E-state index is 13.5. The summed E-state index contributed by atoms with van der Waals surface area (Å²) >= 11 is 3.59. The van der Waals surface area contributed by atoms with E-state index < -0.39 is 16.1 Å². The number of hydrogen-bond acceptors (Lipinski definition) is 6. The van der Waals surface area contributed by atoms with E-state index in [0.717, 1.165) is 11.1 Å². The van der Waals surface area contributed by atoms with Crippen molar-refractivity contribution in [1.82, 2.24) is 4.72 Å². The van der Waals surface area contributed by atoms with E-state index in [-0.39, 0.29) is 17.8 Å². The zero-order valence-electron chi connectivity index (χ0n) is 20.6. The van der Waals surface area contributed by atoms with Gasteiger partial charge in [0.2, 0.25) is 10.0 Å². The van der Waals surface area contributed by atoms with Gasteiger partial charge in [0.25, 0.3) is 0 Å². The third-order valence-electron chi connectivity index (χ3n) is 5.11. The Bertz CT molecular complexity index is 1050. The van der Waals surface area contributed by atoms with Crippen LogP contribution >= 0.6 is 15.9 Å². The van der Waals surface area contributed by atoms with Crippen LogP contribution in [-0.2, 0) is 24.2 Å². The Labute approximate surface area is 211 Å². The van der Waals surface area contributed by atoms with E-state index >= 15 is 0 Å². The second-order valence-corrected chi connectivity index (χ2v) is 10.6. The van der Waals surface area contributed by atoms with Gasteiger partial charge in [-0.05, 0) is 62.6 Å². The van der Waals surface area contributed by atoms with Crippen LogP contribution in [0.4, 0.5) is 0 Å². The van der Waals surface area contributed by atoms with Crippen molar-refractivity contribution < 1.29 is 27.4 Å². The fraction of sp³-hybridized carbons (Fsp3) is 0.440. The minimum atomic E-state index is -3.84. The molecule has 34 heavy (non-hydrogen) atoms. The van der Waals surface area contributed by atoms with Crippen LogP contribution in [0.25, 0.3) is 0 Å². The predicted molar refractivity (Wildman–Crippen MR) is 137 cm³/mol. The molecule has 0 heterocycles. The first-order valence-electron chi connectivity index (χ1n) is 10.9. The quantitative estimate of drug-likeness (QED) is 0.278. The summed E-state index contributed by atoms with van der Waals surface area (Å²) in [7, 11) is -0.652. The summed E-state index contributed by atoms with van der Waals surface area (Å²) in [5.74, 6) is 0.681. The highest BCUT2D eigenvalue weighted by molar-refractivity contribution is 9.11. The molecule has 2 rings (SSSR count). The Kier molecular flexibility index (Phi) is 11.2. The van der Waals surface area contributed by atoms with E-state index in [4.69, 9.17) is 18.9 Å². The number of benzene rings is 2. The molecule has 0 saturated heterocycles. The lowest BCUT2D eigenvalue weighted by Crippen LogP contribution is -2.30. The van der Waals surface area contributed by atoms with Gasteiger partial charge in [0.15, 0.2) is 0 Å². The summed E-state index contributed by atoms with van der Waals surface area (Å²) in [6, 6.07) is 10.3. The van der Waals surface area contributed by atoms with Crippen molar-refractivity contribution >= 4 is 26.0 Å². The second-order valence-electron chi connectivity index (χ2n) is 8.00. The summed E-state index contributed by atoms with van der Waals surface area (Å²) in [5, 5.41) is 0. The Morgan fingerprint density at radius 2 is 1.68 bits per heavy atom. The number of sulfonamides is 1. The Balaban J connectivity index is 2.34. The van der Waals surface area contributed by atoms with Gasteiger partial charge in [0.1, 0.15) is 12.5 Å². The maximum Gasteiger partial charge on any atom is 0.241 e. The highest BCUT2D eigenvalue weighted by Crippen LogP contribution is 2.32. The molecule has 0 amide bonds. The smallest absolute Gasteiger partial charge is 0.241 e. The zero-order chi connectivity index (χ0) is 25.3. The SMILES string of the molecule is COCCOCO[C@@H](C)/C=C(/Br)[C@@H](NS(=O)(=O)c1c(C)cc(C)cc1C)c1ccc(OC)cc1. The van der Waals surface area contributed by atoms with Gasteiger partial charge in [-0.1, -0.05) is 45.8 Å². The summed E-state index contributed by atoms with van der Waals surface area (Å²) < 4.78 is 51.7. The molecule has 0 fully saturated rings. The molecular formula is C25H34BrNO6S. The van der Waals surface area contributed by atoms with E-state index in [1.165, 1.54) is 0 Å². The molecule has 0 aliphatic carbocycles. The number of nitrogens with one attached hydrogen (secondary N) is 1. The fourth-order valence-electron chi connectivity index (χ4n) is 3.61. The minimum Gasteiger partial charge on any atom is -0.497 e. The van der Waals surface area contributed by atoms with Crippen molar-refractivity contribution in [3.8, 4) is 5.75 Å². The third kappa shape index (κ3) is 8.18. The number of aryl methyl sites for hydroxylation is 3. The number of ether oxygens (including phenoxy) is 4. The van der Waals surface area contributed by atoms with Gasteiger partial charge in [-0.15, -0.1) is 0 Å². The van der Waals surface area contributed by atoms with Crippen LogP contribution < -0.4 is 9.46 Å². The third-order valence-corrected chi connectivity index (χ3v) is 7.56. The number of methoxy groups -OCH3 is 2. The van der Waals surface area contributed by atoms with Crippen molar-refractivity contribution in [2.45, 2.75) is 44.7 Å². The van der Waals surface area contributed by atoms with Crippen molar-refractivity contribution in [2.75, 3.05) is 34.2 Å². The van der Waals surface area contributed by atoms with E-state index in [1.54, 1.807) is 40.2 Å². The van der Waals surface area contributed by atoms with Gasteiger partial charge < -0.3 is 18.9 Å². The molecule has 7 nitrogen and oxygen atoms in total. The maximum absolute atomic E-state index is 13.5. The second kappa shape index (κ2) is 13.4. The average molecular weight is 557 g/mol. The molecule has 0 bridgehead atoms. The number of hydrogen-bond donors (Lipinski definition) is 1. The Morgan fingerprint density at radius 1 is 1.06 bits per heavy atom. The normalized spacial score (nSPS) is 14.1. The molecule has 1 N–H and O–H groups in total. The molecule has 0 aliphatic heterocycles. The summed E-state index contributed by atoms with van der Waals surface area (Å²) in [4.78, 5) is 0.285. The molecule has 0 saturated carbocycles. The fourth-order valence-corrected chi connectivity index (χ4v) is 6.17. The first-order valence-corrected chi connectivity index (χ1v) is 13.2. The van der Waals surface area contributed by atoms with Crippen LogP contribution in [-0.4, -0.2) is 48.7 Å². The topological polar surface area (TPSA) is 83.1 Å². The monoisotopic (exact) mass is 555 g/mol. The molecule has 0 aliphatic rings. The van der Waals surface area contributed by atoms with Crippen LogP contribution in [0.2, 0.25) is 0 Å². The molecule has 2 aromatic carbocycles. The lowest BCUT2D eigenvalue weighted by molar-refractivity contribution is -0.0804. The van der Waals surface area contributed by atoms with Crippen LogP contribution in [0.5, 0.6) is 5.75 Å². The van der Waals surface area contributed by atoms with Gasteiger partial charge in [0, 0.05) is 11.6 Å². The van der Waals surface area contributed by atoms with Gasteiger partial charge in [-0.25, -0.2) is 8.42 Å². The standard InChI is InChI=1S/C25H34BrNO6S/c1-17-13-18(2)25(19(3)14-17)34(28,29)27-24(21-7-9-22(31-6)10-8-21)23(26)15-20(4)33-16-32-12-11-30-5/h7-10,13-15,20,24,27H,11-12,16H2,1-6H3/b23-15+/t20-,24-/m0/s1. The lowest BCUT2D eigenvalue weighted by atomic mass is 10.1. The van der Waals surface area contributed by atoms with E-state index in [9.17, 15) is 8.42 Å². The molecule has 9 heteroatoms. The average Bonchev–Trinajstić information content (AvgIpc) is 2.76. The van der Waals surface area contributed by atoms with Gasteiger partial charge in [0.05, 0.1) is 37.4 Å². The molecule has 2 atom stereocenters. The Hall–Kier alpha value is -1.75. The summed E-state index contributed by atoms with van der Waals surface area (Å²) in [6.07, 6.45) is 1.48. The van der Waals surface area contributed by atoms with E-state index in [0.29, 0.717) is 34.6 Å². The zero-order valence-corrected chi connectivity index (χ0v) is 23.0. The van der Waals surface area contributed by atoms with Crippen LogP contribution in [0, 0.1) is 20.8 Å². The molecule has 0 spiro atoms. The van der Waals surface area contributed by atoms with Gasteiger partial charge >= 0.3 is 0 Å². The minimum absolute atomic E-state index is 0.0992. The van der Waals surface area contributed by atoms with Gasteiger partial charge in [-0.2, -0.15) is 4.72 Å². The van der Waals surface area contributed by atoms with Crippen molar-refractivity contribution in [2.24, 2.45) is 0 Å². The molecule has 188 valence electrons.